The van der Waals surface area contributed by atoms with Crippen LogP contribution in [0.25, 0.3) is 27.5 Å². The first-order valence-electron chi connectivity index (χ1n) is 7.49. The molecule has 0 bridgehead atoms. The lowest BCUT2D eigenvalue weighted by molar-refractivity contribution is 0.0477. The molecule has 5 rings (SSSR count). The van der Waals surface area contributed by atoms with Crippen molar-refractivity contribution in [3.8, 4) is 11.1 Å². The first kappa shape index (κ1) is 12.2. The molecule has 2 aliphatic rings. The number of fused-ring (bicyclic) bond motifs is 5. The maximum absolute atomic E-state index is 10.6. The minimum Gasteiger partial charge on any atom is -0.386 e. The van der Waals surface area contributed by atoms with Gasteiger partial charge in [-0.25, -0.2) is 0 Å². The van der Waals surface area contributed by atoms with Gasteiger partial charge in [-0.15, -0.1) is 0 Å². The minimum atomic E-state index is -0.877. The minimum absolute atomic E-state index is 0.856. The molecule has 2 nitrogen and oxygen atoms in total. The Balaban J connectivity index is 2.02. The quantitative estimate of drug-likeness (QED) is 0.518. The first-order valence-corrected chi connectivity index (χ1v) is 7.49. The Kier molecular flexibility index (Phi) is 2.25. The van der Waals surface area contributed by atoms with Crippen LogP contribution in [0.1, 0.15) is 22.8 Å². The van der Waals surface area contributed by atoms with Crippen LogP contribution in [0.4, 0.5) is 0 Å². The van der Waals surface area contributed by atoms with Gasteiger partial charge in [-0.05, 0) is 56.3 Å². The fourth-order valence-electron chi connectivity index (χ4n) is 3.88. The summed E-state index contributed by atoms with van der Waals surface area (Å²) in [6.45, 7) is 0. The van der Waals surface area contributed by atoms with Crippen molar-refractivity contribution in [1.29, 1.82) is 0 Å². The monoisotopic (exact) mass is 286 g/mol. The topological polar surface area (TPSA) is 40.5 Å². The molecule has 0 aromatic heterocycles. The Morgan fingerprint density at radius 1 is 0.773 bits per heavy atom. The van der Waals surface area contributed by atoms with E-state index in [1.165, 1.54) is 5.56 Å². The third-order valence-corrected chi connectivity index (χ3v) is 4.82. The second kappa shape index (κ2) is 4.07. The van der Waals surface area contributed by atoms with E-state index in [-0.39, 0.29) is 0 Å². The second-order valence-corrected chi connectivity index (χ2v) is 6.00. The molecule has 0 fully saturated rings. The van der Waals surface area contributed by atoms with Gasteiger partial charge in [0.05, 0.1) is 0 Å². The summed E-state index contributed by atoms with van der Waals surface area (Å²) in [6, 6.07) is 18.5. The normalized spacial score (nSPS) is 21.5. The van der Waals surface area contributed by atoms with Crippen LogP contribution in [0.3, 0.4) is 0 Å². The summed E-state index contributed by atoms with van der Waals surface area (Å²) in [5, 5.41) is 23.0. The van der Waals surface area contributed by atoms with Gasteiger partial charge in [-0.3, -0.25) is 0 Å². The molecular weight excluding hydrogens is 272 g/mol. The third-order valence-electron chi connectivity index (χ3n) is 4.82. The average Bonchev–Trinajstić information content (AvgIpc) is 2.86. The van der Waals surface area contributed by atoms with E-state index in [1.807, 2.05) is 30.3 Å². The van der Waals surface area contributed by atoms with Gasteiger partial charge < -0.3 is 10.2 Å². The number of aliphatic hydroxyl groups excluding tert-OH is 2. The van der Waals surface area contributed by atoms with Crippen molar-refractivity contribution < 1.29 is 10.2 Å². The van der Waals surface area contributed by atoms with Crippen LogP contribution < -0.4 is 0 Å². The largest absolute Gasteiger partial charge is 0.386 e. The number of hydrogen-bond acceptors (Lipinski definition) is 2. The van der Waals surface area contributed by atoms with Crippen molar-refractivity contribution in [3.63, 3.8) is 0 Å². The smallest absolute Gasteiger partial charge is 0.110 e. The maximum Gasteiger partial charge on any atom is 0.110 e. The van der Waals surface area contributed by atoms with Crippen molar-refractivity contribution in [2.75, 3.05) is 0 Å². The highest BCUT2D eigenvalue weighted by Crippen LogP contribution is 2.52. The summed E-state index contributed by atoms with van der Waals surface area (Å²) < 4.78 is 0. The standard InChI is InChI=1S/C20H14O2/c21-17-10-16-14-8-4-3-7-13(14)15-9-11-5-1-2-6-12(11)19(18(15)16)20(17)22/h1-10,17,20-22H/t17-,20+/m0/s1. The molecule has 0 amide bonds. The molecular formula is C20H14O2. The fraction of sp³-hybridized carbons (Fsp3) is 0.100. The van der Waals surface area contributed by atoms with Crippen LogP contribution in [0.15, 0.2) is 60.7 Å². The molecule has 0 heterocycles. The maximum atomic E-state index is 10.6. The van der Waals surface area contributed by atoms with E-state index >= 15 is 0 Å². The number of rotatable bonds is 0. The number of aliphatic hydroxyl groups is 2. The molecule has 0 spiro atoms. The number of hydrogen-bond donors (Lipinski definition) is 2. The van der Waals surface area contributed by atoms with E-state index in [4.69, 9.17) is 0 Å². The zero-order valence-corrected chi connectivity index (χ0v) is 11.8. The molecule has 2 heteroatoms. The molecule has 0 radical (unpaired) electrons. The molecule has 0 saturated heterocycles. The van der Waals surface area contributed by atoms with Gasteiger partial charge in [0, 0.05) is 0 Å². The Bertz CT molecular complexity index is 969. The van der Waals surface area contributed by atoms with Gasteiger partial charge in [0.25, 0.3) is 0 Å². The van der Waals surface area contributed by atoms with Gasteiger partial charge in [0.1, 0.15) is 12.2 Å². The van der Waals surface area contributed by atoms with Crippen LogP contribution in [-0.4, -0.2) is 16.3 Å². The van der Waals surface area contributed by atoms with Gasteiger partial charge in [-0.1, -0.05) is 48.5 Å². The van der Waals surface area contributed by atoms with E-state index < -0.39 is 12.2 Å². The van der Waals surface area contributed by atoms with Crippen LogP contribution in [0.5, 0.6) is 0 Å². The first-order chi connectivity index (χ1) is 10.8. The summed E-state index contributed by atoms with van der Waals surface area (Å²) in [6.07, 6.45) is 0.0436. The van der Waals surface area contributed by atoms with Crippen LogP contribution in [-0.2, 0) is 0 Å². The zero-order chi connectivity index (χ0) is 14.8. The van der Waals surface area contributed by atoms with Crippen LogP contribution >= 0.6 is 0 Å². The van der Waals surface area contributed by atoms with E-state index in [1.54, 1.807) is 6.08 Å². The van der Waals surface area contributed by atoms with E-state index in [2.05, 4.69) is 24.3 Å². The van der Waals surface area contributed by atoms with Gasteiger partial charge in [-0.2, -0.15) is 0 Å². The van der Waals surface area contributed by atoms with Crippen LogP contribution in [0.2, 0.25) is 0 Å². The lowest BCUT2D eigenvalue weighted by Crippen LogP contribution is -2.21. The van der Waals surface area contributed by atoms with Gasteiger partial charge >= 0.3 is 0 Å². The SMILES string of the molecule is O[C@H]1C=C2c3ccccc3-c3cc4ccccc4c(c32)[C@@H]1O. The van der Waals surface area contributed by atoms with E-state index in [0.717, 1.165) is 38.6 Å². The van der Waals surface area contributed by atoms with Crippen molar-refractivity contribution in [1.82, 2.24) is 0 Å². The lowest BCUT2D eigenvalue weighted by Gasteiger charge is -2.26. The van der Waals surface area contributed by atoms with Crippen molar-refractivity contribution >= 4 is 16.3 Å². The molecule has 3 aromatic carbocycles. The fourth-order valence-corrected chi connectivity index (χ4v) is 3.88. The summed E-state index contributed by atoms with van der Waals surface area (Å²) in [7, 11) is 0. The third kappa shape index (κ3) is 1.36. The molecule has 3 aromatic rings. The summed E-state index contributed by atoms with van der Waals surface area (Å²) in [5.74, 6) is 0. The van der Waals surface area contributed by atoms with Crippen molar-refractivity contribution in [2.45, 2.75) is 12.2 Å². The zero-order valence-electron chi connectivity index (χ0n) is 11.8. The highest BCUT2D eigenvalue weighted by Gasteiger charge is 2.35. The number of benzene rings is 3. The summed E-state index contributed by atoms with van der Waals surface area (Å²) in [4.78, 5) is 0. The molecule has 0 saturated carbocycles. The van der Waals surface area contributed by atoms with Crippen molar-refractivity contribution in [2.24, 2.45) is 0 Å². The summed E-state index contributed by atoms with van der Waals surface area (Å²) in [5.41, 5.74) is 6.45. The highest BCUT2D eigenvalue weighted by molar-refractivity contribution is 6.08. The van der Waals surface area contributed by atoms with E-state index in [9.17, 15) is 10.2 Å². The molecule has 22 heavy (non-hydrogen) atoms. The Hall–Kier alpha value is -2.42. The van der Waals surface area contributed by atoms with Gasteiger partial charge in [0.2, 0.25) is 0 Å². The molecule has 2 N–H and O–H groups in total. The highest BCUT2D eigenvalue weighted by atomic mass is 16.3. The predicted octanol–water partition coefficient (Wildman–Crippen LogP) is 3.66. The van der Waals surface area contributed by atoms with Crippen LogP contribution in [0, 0.1) is 0 Å². The molecule has 2 atom stereocenters. The Morgan fingerprint density at radius 3 is 2.36 bits per heavy atom. The predicted molar refractivity (Wildman–Crippen MR) is 87.4 cm³/mol. The Labute approximate surface area is 128 Å². The van der Waals surface area contributed by atoms with Gasteiger partial charge in [0.15, 0.2) is 0 Å². The van der Waals surface area contributed by atoms with E-state index in [0.29, 0.717) is 0 Å². The molecule has 2 aliphatic carbocycles. The lowest BCUT2D eigenvalue weighted by atomic mass is 9.83. The van der Waals surface area contributed by atoms with Crippen molar-refractivity contribution in [3.05, 3.63) is 77.4 Å². The second-order valence-electron chi connectivity index (χ2n) is 6.00. The molecule has 0 aliphatic heterocycles. The molecule has 0 unspecified atom stereocenters. The summed E-state index contributed by atoms with van der Waals surface area (Å²) >= 11 is 0. The molecule has 106 valence electrons. The Morgan fingerprint density at radius 2 is 1.50 bits per heavy atom. The average molecular weight is 286 g/mol.